The molecular formula is C10H13N3O3. The summed E-state index contributed by atoms with van der Waals surface area (Å²) in [4.78, 5) is 30.8. The van der Waals surface area contributed by atoms with Crippen LogP contribution in [-0.4, -0.2) is 44.4 Å². The van der Waals surface area contributed by atoms with Gasteiger partial charge in [-0.05, 0) is 19.3 Å². The van der Waals surface area contributed by atoms with Crippen LogP contribution in [0.4, 0.5) is 0 Å². The fourth-order valence-electron chi connectivity index (χ4n) is 1.96. The van der Waals surface area contributed by atoms with E-state index in [1.54, 1.807) is 0 Å². The Morgan fingerprint density at radius 1 is 1.50 bits per heavy atom. The first-order valence-corrected chi connectivity index (χ1v) is 5.22. The third kappa shape index (κ3) is 1.91. The van der Waals surface area contributed by atoms with Crippen LogP contribution in [0.3, 0.4) is 0 Å². The zero-order valence-electron chi connectivity index (χ0n) is 8.72. The maximum absolute atomic E-state index is 12.0. The number of nitrogens with one attached hydrogen (secondary N) is 1. The number of hydrogen-bond donors (Lipinski definition) is 2. The van der Waals surface area contributed by atoms with Crippen molar-refractivity contribution in [2.45, 2.75) is 25.3 Å². The molecule has 2 rings (SSSR count). The van der Waals surface area contributed by atoms with Crippen molar-refractivity contribution in [1.29, 1.82) is 0 Å². The molecule has 0 radical (unpaired) electrons. The highest BCUT2D eigenvalue weighted by Gasteiger charge is 2.32. The summed E-state index contributed by atoms with van der Waals surface area (Å²) in [6.07, 6.45) is 5.05. The van der Waals surface area contributed by atoms with Gasteiger partial charge in [0.1, 0.15) is 11.7 Å². The number of amides is 1. The third-order valence-electron chi connectivity index (χ3n) is 2.78. The Hall–Kier alpha value is -1.85. The second-order valence-electron chi connectivity index (χ2n) is 3.81. The Balaban J connectivity index is 2.17. The van der Waals surface area contributed by atoms with Crippen molar-refractivity contribution in [3.8, 4) is 0 Å². The van der Waals surface area contributed by atoms with Gasteiger partial charge in [-0.3, -0.25) is 4.79 Å². The monoisotopic (exact) mass is 223 g/mol. The molecule has 1 saturated heterocycles. The van der Waals surface area contributed by atoms with Gasteiger partial charge in [0.25, 0.3) is 5.91 Å². The molecule has 0 spiro atoms. The highest BCUT2D eigenvalue weighted by atomic mass is 16.4. The van der Waals surface area contributed by atoms with Crippen LogP contribution in [0.25, 0.3) is 0 Å². The molecule has 2 N–H and O–H groups in total. The number of aromatic amines is 1. The number of hydrogen-bond acceptors (Lipinski definition) is 3. The molecule has 1 aliphatic rings. The van der Waals surface area contributed by atoms with E-state index in [4.69, 9.17) is 5.11 Å². The van der Waals surface area contributed by atoms with Gasteiger partial charge in [0, 0.05) is 6.54 Å². The molecule has 86 valence electrons. The fourth-order valence-corrected chi connectivity index (χ4v) is 1.96. The number of carbonyl (C=O) groups is 2. The van der Waals surface area contributed by atoms with Crippen LogP contribution in [0.5, 0.6) is 0 Å². The summed E-state index contributed by atoms with van der Waals surface area (Å²) in [6, 6.07) is -0.704. The number of aromatic nitrogens is 2. The molecule has 1 atom stereocenters. The molecule has 1 amide bonds. The normalized spacial score (nSPS) is 20.8. The molecule has 1 unspecified atom stereocenters. The summed E-state index contributed by atoms with van der Waals surface area (Å²) in [5.74, 6) is -1.22. The van der Waals surface area contributed by atoms with Crippen molar-refractivity contribution in [1.82, 2.24) is 14.9 Å². The highest BCUT2D eigenvalue weighted by Crippen LogP contribution is 2.19. The number of carboxylic acids is 1. The number of carbonyl (C=O) groups excluding carboxylic acids is 1. The number of piperidine rings is 1. The average molecular weight is 223 g/mol. The zero-order chi connectivity index (χ0) is 11.5. The van der Waals surface area contributed by atoms with Crippen molar-refractivity contribution >= 4 is 11.9 Å². The highest BCUT2D eigenvalue weighted by molar-refractivity contribution is 5.94. The number of aliphatic carboxylic acids is 1. The average Bonchev–Trinajstić information content (AvgIpc) is 2.81. The van der Waals surface area contributed by atoms with Crippen LogP contribution in [0.2, 0.25) is 0 Å². The molecule has 0 aliphatic carbocycles. The Bertz CT molecular complexity index is 388. The van der Waals surface area contributed by atoms with Gasteiger partial charge in [-0.15, -0.1) is 0 Å². The van der Waals surface area contributed by atoms with Gasteiger partial charge < -0.3 is 15.0 Å². The van der Waals surface area contributed by atoms with Crippen LogP contribution in [-0.2, 0) is 4.79 Å². The molecular weight excluding hydrogens is 210 g/mol. The van der Waals surface area contributed by atoms with E-state index in [2.05, 4.69) is 9.97 Å². The first-order valence-electron chi connectivity index (χ1n) is 5.22. The molecule has 1 aliphatic heterocycles. The van der Waals surface area contributed by atoms with Gasteiger partial charge in [-0.1, -0.05) is 0 Å². The van der Waals surface area contributed by atoms with Crippen LogP contribution < -0.4 is 0 Å². The van der Waals surface area contributed by atoms with Crippen LogP contribution in [0, 0.1) is 0 Å². The van der Waals surface area contributed by atoms with Crippen LogP contribution in [0.15, 0.2) is 12.5 Å². The molecule has 1 fully saturated rings. The summed E-state index contributed by atoms with van der Waals surface area (Å²) >= 11 is 0. The summed E-state index contributed by atoms with van der Waals surface area (Å²) < 4.78 is 0. The number of rotatable bonds is 2. The molecule has 1 aromatic heterocycles. The van der Waals surface area contributed by atoms with Crippen molar-refractivity contribution in [2.24, 2.45) is 0 Å². The summed E-state index contributed by atoms with van der Waals surface area (Å²) in [5, 5.41) is 9.04. The largest absolute Gasteiger partial charge is 0.480 e. The molecule has 1 aromatic rings. The number of nitrogens with zero attached hydrogens (tertiary/aromatic N) is 2. The fraction of sp³-hybridized carbons (Fsp3) is 0.500. The minimum Gasteiger partial charge on any atom is -0.480 e. The molecule has 16 heavy (non-hydrogen) atoms. The van der Waals surface area contributed by atoms with Gasteiger partial charge in [0.2, 0.25) is 0 Å². The van der Waals surface area contributed by atoms with E-state index in [9.17, 15) is 9.59 Å². The second-order valence-corrected chi connectivity index (χ2v) is 3.81. The van der Waals surface area contributed by atoms with E-state index < -0.39 is 12.0 Å². The summed E-state index contributed by atoms with van der Waals surface area (Å²) in [5.41, 5.74) is 0.341. The Labute approximate surface area is 92.3 Å². The smallest absolute Gasteiger partial charge is 0.326 e. The van der Waals surface area contributed by atoms with Crippen LogP contribution in [0.1, 0.15) is 29.8 Å². The van der Waals surface area contributed by atoms with E-state index in [1.165, 1.54) is 17.4 Å². The first kappa shape index (κ1) is 10.7. The number of imidazole rings is 1. The lowest BCUT2D eigenvalue weighted by Gasteiger charge is -2.32. The first-order chi connectivity index (χ1) is 7.70. The number of H-pyrrole nitrogens is 1. The number of likely N-dealkylation sites (tertiary alicyclic amines) is 1. The maximum Gasteiger partial charge on any atom is 0.326 e. The lowest BCUT2D eigenvalue weighted by molar-refractivity contribution is -0.143. The van der Waals surface area contributed by atoms with Gasteiger partial charge in [0.05, 0.1) is 12.5 Å². The molecule has 0 bridgehead atoms. The van der Waals surface area contributed by atoms with Crippen LogP contribution >= 0.6 is 0 Å². The molecule has 6 nitrogen and oxygen atoms in total. The molecule has 6 heteroatoms. The van der Waals surface area contributed by atoms with Crippen molar-refractivity contribution in [3.63, 3.8) is 0 Å². The minimum atomic E-state index is -0.937. The lowest BCUT2D eigenvalue weighted by atomic mass is 10.0. The Morgan fingerprint density at radius 2 is 2.31 bits per heavy atom. The summed E-state index contributed by atoms with van der Waals surface area (Å²) in [7, 11) is 0. The molecule has 0 aromatic carbocycles. The van der Waals surface area contributed by atoms with E-state index in [-0.39, 0.29) is 5.91 Å². The predicted molar refractivity (Wildman–Crippen MR) is 54.9 cm³/mol. The zero-order valence-corrected chi connectivity index (χ0v) is 8.72. The van der Waals surface area contributed by atoms with Crippen molar-refractivity contribution in [3.05, 3.63) is 18.2 Å². The van der Waals surface area contributed by atoms with Gasteiger partial charge in [-0.25, -0.2) is 9.78 Å². The molecule has 0 saturated carbocycles. The van der Waals surface area contributed by atoms with E-state index >= 15 is 0 Å². The van der Waals surface area contributed by atoms with E-state index in [0.29, 0.717) is 18.7 Å². The lowest BCUT2D eigenvalue weighted by Crippen LogP contribution is -2.48. The van der Waals surface area contributed by atoms with Crippen molar-refractivity contribution < 1.29 is 14.7 Å². The third-order valence-corrected chi connectivity index (χ3v) is 2.78. The Kier molecular flexibility index (Phi) is 2.89. The standard InChI is InChI=1S/C10H13N3O3/c14-9(7-5-11-6-12-7)13-4-2-1-3-8(13)10(15)16/h5-6,8H,1-4H2,(H,11,12)(H,15,16). The summed E-state index contributed by atoms with van der Waals surface area (Å²) in [6.45, 7) is 0.495. The van der Waals surface area contributed by atoms with E-state index in [1.807, 2.05) is 0 Å². The van der Waals surface area contributed by atoms with Gasteiger partial charge in [0.15, 0.2) is 0 Å². The van der Waals surface area contributed by atoms with Crippen molar-refractivity contribution in [2.75, 3.05) is 6.54 Å². The number of carboxylic acid groups (broad SMARTS) is 1. The van der Waals surface area contributed by atoms with Gasteiger partial charge >= 0.3 is 5.97 Å². The van der Waals surface area contributed by atoms with E-state index in [0.717, 1.165) is 12.8 Å². The van der Waals surface area contributed by atoms with Gasteiger partial charge in [-0.2, -0.15) is 0 Å². The minimum absolute atomic E-state index is 0.287. The Morgan fingerprint density at radius 3 is 2.94 bits per heavy atom. The second kappa shape index (κ2) is 4.34. The quantitative estimate of drug-likeness (QED) is 0.763. The predicted octanol–water partition coefficient (Wildman–Crippen LogP) is 0.489. The topological polar surface area (TPSA) is 86.3 Å². The molecule has 2 heterocycles. The maximum atomic E-state index is 12.0. The SMILES string of the molecule is O=C(O)C1CCCCN1C(=O)c1cnc[nH]1.